The summed E-state index contributed by atoms with van der Waals surface area (Å²) in [6, 6.07) is 11.8. The molecule has 0 bridgehead atoms. The van der Waals surface area contributed by atoms with Crippen molar-refractivity contribution in [3.05, 3.63) is 59.9 Å². The van der Waals surface area contributed by atoms with Crippen LogP contribution in [0.4, 0.5) is 0 Å². The Kier molecular flexibility index (Phi) is 4.93. The molecule has 0 spiro atoms. The molecular weight excluding hydrogens is 312 g/mol. The van der Waals surface area contributed by atoms with Gasteiger partial charge in [-0.1, -0.05) is 12.1 Å². The highest BCUT2D eigenvalue weighted by molar-refractivity contribution is 7.91. The van der Waals surface area contributed by atoms with Crippen LogP contribution >= 0.6 is 0 Å². The lowest BCUT2D eigenvalue weighted by atomic mass is 10.2. The summed E-state index contributed by atoms with van der Waals surface area (Å²) in [5.74, 6) is 1.36. The second-order valence-corrected chi connectivity index (χ2v) is 8.00. The van der Waals surface area contributed by atoms with Gasteiger partial charge in [0.1, 0.15) is 12.4 Å². The van der Waals surface area contributed by atoms with Gasteiger partial charge < -0.3 is 10.1 Å². The Bertz CT molecular complexity index is 730. The molecule has 122 valence electrons. The summed E-state index contributed by atoms with van der Waals surface area (Å²) in [4.78, 5) is 3.97. The molecular formula is C17H20N2O3S. The monoisotopic (exact) mass is 332 g/mol. The number of ether oxygens (including phenoxy) is 1. The minimum Gasteiger partial charge on any atom is -0.489 e. The summed E-state index contributed by atoms with van der Waals surface area (Å²) in [5, 5.41) is 3.30. The Labute approximate surface area is 136 Å². The van der Waals surface area contributed by atoms with E-state index in [-0.39, 0.29) is 11.8 Å². The number of hydrogen-bond donors (Lipinski definition) is 1. The summed E-state index contributed by atoms with van der Waals surface area (Å²) in [6.07, 6.45) is 4.20. The van der Waals surface area contributed by atoms with Gasteiger partial charge in [0.25, 0.3) is 0 Å². The van der Waals surface area contributed by atoms with Crippen molar-refractivity contribution in [3.63, 3.8) is 0 Å². The molecule has 23 heavy (non-hydrogen) atoms. The van der Waals surface area contributed by atoms with E-state index in [0.29, 0.717) is 25.3 Å². The number of hydrogen-bond acceptors (Lipinski definition) is 5. The van der Waals surface area contributed by atoms with Gasteiger partial charge >= 0.3 is 0 Å². The SMILES string of the molecule is O=S1(=O)CC[C@H](NCc2ccc(OCc3ccncc3)cc2)C1. The Hall–Kier alpha value is -1.92. The Morgan fingerprint density at radius 3 is 2.48 bits per heavy atom. The van der Waals surface area contributed by atoms with Gasteiger partial charge in [-0.25, -0.2) is 8.42 Å². The molecule has 3 rings (SSSR count). The molecule has 1 aliphatic rings. The van der Waals surface area contributed by atoms with Crippen LogP contribution in [0.2, 0.25) is 0 Å². The normalized spacial score (nSPS) is 19.6. The predicted octanol–water partition coefficient (Wildman–Crippen LogP) is 1.94. The fourth-order valence-corrected chi connectivity index (χ4v) is 4.28. The molecule has 0 radical (unpaired) electrons. The summed E-state index contributed by atoms with van der Waals surface area (Å²) in [6.45, 7) is 1.19. The molecule has 1 atom stereocenters. The molecule has 1 aliphatic heterocycles. The van der Waals surface area contributed by atoms with Crippen LogP contribution < -0.4 is 10.1 Å². The number of benzene rings is 1. The van der Waals surface area contributed by atoms with Crippen LogP contribution in [0, 0.1) is 0 Å². The molecule has 2 aromatic rings. The van der Waals surface area contributed by atoms with E-state index in [1.54, 1.807) is 12.4 Å². The zero-order valence-electron chi connectivity index (χ0n) is 12.8. The molecule has 2 heterocycles. The largest absolute Gasteiger partial charge is 0.489 e. The molecule has 0 saturated carbocycles. The number of pyridine rings is 1. The zero-order valence-corrected chi connectivity index (χ0v) is 13.6. The average Bonchev–Trinajstić information content (AvgIpc) is 2.92. The van der Waals surface area contributed by atoms with E-state index in [0.717, 1.165) is 16.9 Å². The maximum atomic E-state index is 11.4. The van der Waals surface area contributed by atoms with Gasteiger partial charge in [-0.2, -0.15) is 0 Å². The van der Waals surface area contributed by atoms with Crippen LogP contribution in [0.1, 0.15) is 17.5 Å². The highest BCUT2D eigenvalue weighted by atomic mass is 32.2. The van der Waals surface area contributed by atoms with E-state index in [4.69, 9.17) is 4.74 Å². The molecule has 0 unspecified atom stereocenters. The zero-order chi connectivity index (χ0) is 16.1. The molecule has 1 aromatic heterocycles. The second kappa shape index (κ2) is 7.10. The lowest BCUT2D eigenvalue weighted by Gasteiger charge is -2.11. The fourth-order valence-electron chi connectivity index (χ4n) is 2.57. The summed E-state index contributed by atoms with van der Waals surface area (Å²) >= 11 is 0. The first-order valence-corrected chi connectivity index (χ1v) is 9.47. The number of nitrogens with one attached hydrogen (secondary N) is 1. The van der Waals surface area contributed by atoms with Crippen LogP contribution in [-0.2, 0) is 23.0 Å². The van der Waals surface area contributed by atoms with Crippen LogP contribution in [0.15, 0.2) is 48.8 Å². The van der Waals surface area contributed by atoms with Gasteiger partial charge in [-0.15, -0.1) is 0 Å². The first-order chi connectivity index (χ1) is 11.1. The van der Waals surface area contributed by atoms with Crippen molar-refractivity contribution < 1.29 is 13.2 Å². The molecule has 0 amide bonds. The molecule has 1 aromatic carbocycles. The third-order valence-corrected chi connectivity index (χ3v) is 5.67. The van der Waals surface area contributed by atoms with Crippen LogP contribution in [0.3, 0.4) is 0 Å². The maximum Gasteiger partial charge on any atom is 0.151 e. The van der Waals surface area contributed by atoms with Gasteiger partial charge in [0, 0.05) is 25.0 Å². The Balaban J connectivity index is 1.47. The average molecular weight is 332 g/mol. The standard InChI is InChI=1S/C17H20N2O3S/c20-23(21)10-7-16(13-23)19-11-14-1-3-17(4-2-14)22-12-15-5-8-18-9-6-15/h1-6,8-9,16,19H,7,10-13H2/t16-/m0/s1. The number of rotatable bonds is 6. The Morgan fingerprint density at radius 2 is 1.83 bits per heavy atom. The number of aromatic nitrogens is 1. The van der Waals surface area contributed by atoms with E-state index < -0.39 is 9.84 Å². The van der Waals surface area contributed by atoms with E-state index in [9.17, 15) is 8.42 Å². The third kappa shape index (κ3) is 4.77. The topological polar surface area (TPSA) is 68.3 Å². The van der Waals surface area contributed by atoms with Crippen LogP contribution in [-0.4, -0.2) is 30.9 Å². The second-order valence-electron chi connectivity index (χ2n) is 5.77. The van der Waals surface area contributed by atoms with E-state index in [2.05, 4.69) is 10.3 Å². The summed E-state index contributed by atoms with van der Waals surface area (Å²) < 4.78 is 28.6. The first-order valence-electron chi connectivity index (χ1n) is 7.65. The minimum atomic E-state index is -2.83. The van der Waals surface area contributed by atoms with Gasteiger partial charge in [0.05, 0.1) is 11.5 Å². The van der Waals surface area contributed by atoms with Crippen LogP contribution in [0.5, 0.6) is 5.75 Å². The van der Waals surface area contributed by atoms with Gasteiger partial charge in [0.15, 0.2) is 9.84 Å². The van der Waals surface area contributed by atoms with Gasteiger partial charge in [-0.3, -0.25) is 4.98 Å². The van der Waals surface area contributed by atoms with Crippen molar-refractivity contribution in [2.45, 2.75) is 25.6 Å². The van der Waals surface area contributed by atoms with Crippen molar-refractivity contribution in [1.82, 2.24) is 10.3 Å². The third-order valence-electron chi connectivity index (χ3n) is 3.91. The minimum absolute atomic E-state index is 0.0719. The quantitative estimate of drug-likeness (QED) is 0.875. The molecule has 1 saturated heterocycles. The van der Waals surface area contributed by atoms with Crippen molar-refractivity contribution in [2.24, 2.45) is 0 Å². The lowest BCUT2D eigenvalue weighted by molar-refractivity contribution is 0.306. The van der Waals surface area contributed by atoms with E-state index >= 15 is 0 Å². The fraction of sp³-hybridized carbons (Fsp3) is 0.353. The first kappa shape index (κ1) is 16.0. The Morgan fingerprint density at radius 1 is 1.09 bits per heavy atom. The van der Waals surface area contributed by atoms with Gasteiger partial charge in [-0.05, 0) is 41.8 Å². The summed E-state index contributed by atoms with van der Waals surface area (Å²) in [5.41, 5.74) is 2.19. The molecule has 1 fully saturated rings. The van der Waals surface area contributed by atoms with Crippen molar-refractivity contribution in [2.75, 3.05) is 11.5 Å². The summed E-state index contributed by atoms with van der Waals surface area (Å²) in [7, 11) is -2.83. The van der Waals surface area contributed by atoms with Crippen molar-refractivity contribution >= 4 is 9.84 Å². The van der Waals surface area contributed by atoms with E-state index in [1.165, 1.54) is 0 Å². The van der Waals surface area contributed by atoms with Crippen molar-refractivity contribution in [3.8, 4) is 5.75 Å². The number of sulfone groups is 1. The van der Waals surface area contributed by atoms with Crippen LogP contribution in [0.25, 0.3) is 0 Å². The molecule has 5 nitrogen and oxygen atoms in total. The van der Waals surface area contributed by atoms with Crippen molar-refractivity contribution in [1.29, 1.82) is 0 Å². The smallest absolute Gasteiger partial charge is 0.151 e. The predicted molar refractivity (Wildman–Crippen MR) is 88.9 cm³/mol. The molecule has 6 heteroatoms. The highest BCUT2D eigenvalue weighted by Crippen LogP contribution is 2.15. The molecule has 0 aliphatic carbocycles. The van der Waals surface area contributed by atoms with Gasteiger partial charge in [0.2, 0.25) is 0 Å². The van der Waals surface area contributed by atoms with E-state index in [1.807, 2.05) is 36.4 Å². The maximum absolute atomic E-state index is 11.4. The molecule has 1 N–H and O–H groups in total. The lowest BCUT2D eigenvalue weighted by Crippen LogP contribution is -2.29. The number of nitrogens with zero attached hydrogens (tertiary/aromatic N) is 1. The highest BCUT2D eigenvalue weighted by Gasteiger charge is 2.27.